The number of amides is 1. The fourth-order valence-electron chi connectivity index (χ4n) is 2.11. The summed E-state index contributed by atoms with van der Waals surface area (Å²) in [6, 6.07) is 3.97. The highest BCUT2D eigenvalue weighted by Gasteiger charge is 2.17. The molecule has 21 heavy (non-hydrogen) atoms. The highest BCUT2D eigenvalue weighted by molar-refractivity contribution is 7.99. The van der Waals surface area contributed by atoms with Crippen LogP contribution in [0.3, 0.4) is 0 Å². The molecule has 1 atom stereocenters. The number of carbonyl (C=O) groups excluding carboxylic acids is 1. The van der Waals surface area contributed by atoms with Crippen LogP contribution in [-0.4, -0.2) is 35.7 Å². The molecule has 5 heteroatoms. The van der Waals surface area contributed by atoms with Crippen molar-refractivity contribution in [2.75, 3.05) is 24.7 Å². The van der Waals surface area contributed by atoms with Crippen LogP contribution in [0.15, 0.2) is 18.2 Å². The Morgan fingerprint density at radius 3 is 3.10 bits per heavy atom. The molecule has 1 unspecified atom stereocenters. The topological polar surface area (TPSA) is 49.3 Å². The Kier molecular flexibility index (Phi) is 6.09. The van der Waals surface area contributed by atoms with E-state index in [9.17, 15) is 9.18 Å². The number of hydrogen-bond donors (Lipinski definition) is 2. The zero-order valence-electron chi connectivity index (χ0n) is 11.7. The van der Waals surface area contributed by atoms with E-state index in [1.165, 1.54) is 18.2 Å². The van der Waals surface area contributed by atoms with Crippen LogP contribution in [0, 0.1) is 23.6 Å². The van der Waals surface area contributed by atoms with Gasteiger partial charge in [-0.3, -0.25) is 4.79 Å². The average molecular weight is 307 g/mol. The van der Waals surface area contributed by atoms with Crippen LogP contribution in [-0.2, 0) is 0 Å². The Bertz CT molecular complexity index is 559. The second kappa shape index (κ2) is 8.06. The van der Waals surface area contributed by atoms with Crippen molar-refractivity contribution in [1.29, 1.82) is 0 Å². The largest absolute Gasteiger partial charge is 0.395 e. The molecule has 1 aromatic carbocycles. The van der Waals surface area contributed by atoms with E-state index in [-0.39, 0.29) is 12.5 Å². The number of aliphatic hydroxyl groups excluding tert-OH is 1. The van der Waals surface area contributed by atoms with Gasteiger partial charge < -0.3 is 10.4 Å². The number of hydrogen-bond acceptors (Lipinski definition) is 3. The molecule has 0 aliphatic carbocycles. The smallest absolute Gasteiger partial charge is 0.252 e. The van der Waals surface area contributed by atoms with Gasteiger partial charge in [0.05, 0.1) is 12.2 Å². The van der Waals surface area contributed by atoms with Crippen molar-refractivity contribution in [3.05, 3.63) is 35.1 Å². The molecule has 1 aromatic rings. The van der Waals surface area contributed by atoms with E-state index in [4.69, 9.17) is 5.11 Å². The summed E-state index contributed by atoms with van der Waals surface area (Å²) >= 11 is 1.90. The molecule has 1 aliphatic heterocycles. The van der Waals surface area contributed by atoms with Gasteiger partial charge in [0.2, 0.25) is 0 Å². The number of rotatable bonds is 4. The van der Waals surface area contributed by atoms with Crippen molar-refractivity contribution in [1.82, 2.24) is 5.32 Å². The molecule has 1 aliphatic rings. The van der Waals surface area contributed by atoms with Crippen LogP contribution in [0.1, 0.15) is 28.8 Å². The third-order valence-corrected chi connectivity index (χ3v) is 4.49. The molecule has 0 saturated carbocycles. The quantitative estimate of drug-likeness (QED) is 0.837. The van der Waals surface area contributed by atoms with E-state index in [0.717, 1.165) is 17.9 Å². The maximum absolute atomic E-state index is 13.3. The van der Waals surface area contributed by atoms with E-state index < -0.39 is 5.82 Å². The number of benzene rings is 1. The zero-order valence-corrected chi connectivity index (χ0v) is 12.5. The molecule has 1 fully saturated rings. The Morgan fingerprint density at radius 2 is 2.38 bits per heavy atom. The van der Waals surface area contributed by atoms with Crippen LogP contribution < -0.4 is 5.32 Å². The summed E-state index contributed by atoms with van der Waals surface area (Å²) in [4.78, 5) is 12.2. The average Bonchev–Trinajstić information content (AvgIpc) is 2.98. The first kappa shape index (κ1) is 15.9. The van der Waals surface area contributed by atoms with E-state index >= 15 is 0 Å². The van der Waals surface area contributed by atoms with E-state index in [2.05, 4.69) is 17.2 Å². The van der Waals surface area contributed by atoms with Gasteiger partial charge in [-0.2, -0.15) is 11.8 Å². The van der Waals surface area contributed by atoms with Gasteiger partial charge in [0.25, 0.3) is 5.91 Å². The molecule has 1 amide bonds. The summed E-state index contributed by atoms with van der Waals surface area (Å²) < 4.78 is 13.3. The fourth-order valence-corrected chi connectivity index (χ4v) is 3.39. The molecule has 112 valence electrons. The van der Waals surface area contributed by atoms with Gasteiger partial charge in [-0.15, -0.1) is 0 Å². The molecule has 2 N–H and O–H groups in total. The minimum atomic E-state index is -0.424. The van der Waals surface area contributed by atoms with Gasteiger partial charge >= 0.3 is 0 Å². The highest BCUT2D eigenvalue weighted by Crippen LogP contribution is 2.22. The first-order valence-corrected chi connectivity index (χ1v) is 8.11. The summed E-state index contributed by atoms with van der Waals surface area (Å²) in [5, 5.41) is 11.6. The van der Waals surface area contributed by atoms with Gasteiger partial charge in [0.1, 0.15) is 5.82 Å². The second-order valence-electron chi connectivity index (χ2n) is 4.90. The maximum Gasteiger partial charge on any atom is 0.252 e. The molecule has 3 nitrogen and oxygen atoms in total. The summed E-state index contributed by atoms with van der Waals surface area (Å²) in [6.45, 7) is 0.593. The fraction of sp³-hybridized carbons (Fsp3) is 0.438. The Morgan fingerprint density at radius 1 is 1.52 bits per heavy atom. The number of nitrogens with one attached hydrogen (secondary N) is 1. The lowest BCUT2D eigenvalue weighted by molar-refractivity contribution is 0.0948. The summed E-state index contributed by atoms with van der Waals surface area (Å²) in [7, 11) is 0. The zero-order chi connectivity index (χ0) is 15.1. The van der Waals surface area contributed by atoms with Crippen LogP contribution >= 0.6 is 11.8 Å². The van der Waals surface area contributed by atoms with E-state index in [1.807, 2.05) is 11.8 Å². The Hall–Kier alpha value is -1.51. The molecular formula is C16H18FNO2S. The molecule has 1 saturated heterocycles. The summed E-state index contributed by atoms with van der Waals surface area (Å²) in [6.07, 6.45) is 1.42. The standard InChI is InChI=1S/C16H18FNO2S/c17-14-4-5-15(13(9-14)3-1-2-7-19)16(20)18-10-12-6-8-21-11-12/h4-5,9,12,19H,2,6-8,10-11H2,(H,18,20). The maximum atomic E-state index is 13.3. The van der Waals surface area contributed by atoms with E-state index in [1.54, 1.807) is 0 Å². The molecule has 0 spiro atoms. The first-order chi connectivity index (χ1) is 10.2. The second-order valence-corrected chi connectivity index (χ2v) is 6.05. The van der Waals surface area contributed by atoms with Crippen molar-refractivity contribution in [3.8, 4) is 11.8 Å². The molecule has 0 aromatic heterocycles. The van der Waals surface area contributed by atoms with Gasteiger partial charge in [-0.05, 0) is 42.0 Å². The lowest BCUT2D eigenvalue weighted by Gasteiger charge is -2.11. The molecular weight excluding hydrogens is 289 g/mol. The number of carbonyl (C=O) groups is 1. The predicted octanol–water partition coefficient (Wildman–Crippen LogP) is 2.04. The van der Waals surface area contributed by atoms with Crippen LogP contribution in [0.5, 0.6) is 0 Å². The van der Waals surface area contributed by atoms with Crippen molar-refractivity contribution in [2.24, 2.45) is 5.92 Å². The minimum absolute atomic E-state index is 0.0524. The molecule has 0 radical (unpaired) electrons. The van der Waals surface area contributed by atoms with Gasteiger partial charge in [0.15, 0.2) is 0 Å². The van der Waals surface area contributed by atoms with Crippen molar-refractivity contribution < 1.29 is 14.3 Å². The van der Waals surface area contributed by atoms with Crippen LogP contribution in [0.4, 0.5) is 4.39 Å². The molecule has 0 bridgehead atoms. The number of halogens is 1. The molecule has 1 heterocycles. The molecule has 2 rings (SSSR count). The number of aliphatic hydroxyl groups is 1. The first-order valence-electron chi connectivity index (χ1n) is 6.96. The third-order valence-electron chi connectivity index (χ3n) is 3.26. The van der Waals surface area contributed by atoms with E-state index in [0.29, 0.717) is 30.0 Å². The monoisotopic (exact) mass is 307 g/mol. The Balaban J connectivity index is 2.06. The number of thioether (sulfide) groups is 1. The van der Waals surface area contributed by atoms with Gasteiger partial charge in [-0.1, -0.05) is 11.8 Å². The highest BCUT2D eigenvalue weighted by atomic mass is 32.2. The normalized spacial score (nSPS) is 17.1. The third kappa shape index (κ3) is 4.76. The van der Waals surface area contributed by atoms with Crippen molar-refractivity contribution in [2.45, 2.75) is 12.8 Å². The summed E-state index contributed by atoms with van der Waals surface area (Å²) in [5.41, 5.74) is 0.745. The summed E-state index contributed by atoms with van der Waals surface area (Å²) in [5.74, 6) is 7.56. The van der Waals surface area contributed by atoms with Gasteiger partial charge in [-0.25, -0.2) is 4.39 Å². The van der Waals surface area contributed by atoms with Crippen LogP contribution in [0.25, 0.3) is 0 Å². The predicted molar refractivity (Wildman–Crippen MR) is 82.7 cm³/mol. The lowest BCUT2D eigenvalue weighted by Crippen LogP contribution is -2.29. The van der Waals surface area contributed by atoms with Crippen LogP contribution in [0.2, 0.25) is 0 Å². The van der Waals surface area contributed by atoms with Gasteiger partial charge in [0, 0.05) is 18.5 Å². The van der Waals surface area contributed by atoms with Crippen molar-refractivity contribution >= 4 is 17.7 Å². The van der Waals surface area contributed by atoms with Crippen molar-refractivity contribution in [3.63, 3.8) is 0 Å². The minimum Gasteiger partial charge on any atom is -0.395 e. The SMILES string of the molecule is O=C(NCC1CCSC1)c1ccc(F)cc1C#CCCO. The Labute approximate surface area is 128 Å². The lowest BCUT2D eigenvalue weighted by atomic mass is 10.1.